The SMILES string of the molecule is Cc1nn(C)c(C)c1SN1CCC(Oc2ccc(OC(F)(F)F)cc2)CC1. The van der Waals surface area contributed by atoms with Crippen molar-refractivity contribution >= 4 is 11.9 Å². The van der Waals surface area contributed by atoms with Crippen molar-refractivity contribution < 1.29 is 22.6 Å². The van der Waals surface area contributed by atoms with Gasteiger partial charge in [-0.3, -0.25) is 4.68 Å². The molecular formula is C18H22F3N3O2S. The van der Waals surface area contributed by atoms with E-state index in [1.165, 1.54) is 29.2 Å². The third-order valence-electron chi connectivity index (χ3n) is 4.42. The van der Waals surface area contributed by atoms with Crippen molar-refractivity contribution in [3.63, 3.8) is 0 Å². The average Bonchev–Trinajstić information content (AvgIpc) is 2.83. The van der Waals surface area contributed by atoms with Gasteiger partial charge < -0.3 is 9.47 Å². The molecule has 27 heavy (non-hydrogen) atoms. The number of aryl methyl sites for hydroxylation is 2. The Morgan fingerprint density at radius 1 is 1.07 bits per heavy atom. The van der Waals surface area contributed by atoms with E-state index in [0.717, 1.165) is 37.3 Å². The Balaban J connectivity index is 1.49. The molecule has 1 saturated heterocycles. The molecule has 9 heteroatoms. The van der Waals surface area contributed by atoms with Gasteiger partial charge in [0.15, 0.2) is 0 Å². The van der Waals surface area contributed by atoms with Crippen molar-refractivity contribution in [1.29, 1.82) is 0 Å². The summed E-state index contributed by atoms with van der Waals surface area (Å²) in [7, 11) is 1.94. The maximum absolute atomic E-state index is 12.2. The van der Waals surface area contributed by atoms with Gasteiger partial charge in [0.1, 0.15) is 17.6 Å². The monoisotopic (exact) mass is 401 g/mol. The summed E-state index contributed by atoms with van der Waals surface area (Å²) in [6.07, 6.45) is -2.93. The first-order chi connectivity index (χ1) is 12.7. The summed E-state index contributed by atoms with van der Waals surface area (Å²) in [5.74, 6) is 0.304. The molecule has 1 aliphatic heterocycles. The first kappa shape index (κ1) is 19.9. The molecule has 1 fully saturated rings. The average molecular weight is 401 g/mol. The quantitative estimate of drug-likeness (QED) is 0.691. The minimum absolute atomic E-state index is 0.0485. The first-order valence-electron chi connectivity index (χ1n) is 8.67. The van der Waals surface area contributed by atoms with E-state index in [-0.39, 0.29) is 11.9 Å². The van der Waals surface area contributed by atoms with Crippen LogP contribution in [-0.2, 0) is 7.05 Å². The van der Waals surface area contributed by atoms with Crippen molar-refractivity contribution in [1.82, 2.24) is 14.1 Å². The van der Waals surface area contributed by atoms with Crippen molar-refractivity contribution in [2.75, 3.05) is 13.1 Å². The van der Waals surface area contributed by atoms with E-state index in [1.807, 2.05) is 18.7 Å². The molecule has 0 unspecified atom stereocenters. The number of hydrogen-bond donors (Lipinski definition) is 0. The second kappa shape index (κ2) is 8.02. The fraction of sp³-hybridized carbons (Fsp3) is 0.500. The smallest absolute Gasteiger partial charge is 0.490 e. The van der Waals surface area contributed by atoms with Gasteiger partial charge in [0.05, 0.1) is 16.3 Å². The number of nitrogens with zero attached hydrogens (tertiary/aromatic N) is 3. The molecule has 3 rings (SSSR count). The van der Waals surface area contributed by atoms with Crippen LogP contribution in [0.1, 0.15) is 24.2 Å². The molecule has 0 bridgehead atoms. The number of halogens is 3. The fourth-order valence-corrected chi connectivity index (χ4v) is 4.06. The number of hydrogen-bond acceptors (Lipinski definition) is 5. The molecular weight excluding hydrogens is 379 g/mol. The van der Waals surface area contributed by atoms with Crippen LogP contribution in [0.4, 0.5) is 13.2 Å². The van der Waals surface area contributed by atoms with Crippen molar-refractivity contribution in [2.24, 2.45) is 7.05 Å². The summed E-state index contributed by atoms with van der Waals surface area (Å²) in [5.41, 5.74) is 2.18. The molecule has 0 atom stereocenters. The minimum atomic E-state index is -4.68. The van der Waals surface area contributed by atoms with Gasteiger partial charge in [0.2, 0.25) is 0 Å². The molecule has 0 amide bonds. The van der Waals surface area contributed by atoms with E-state index >= 15 is 0 Å². The zero-order valence-electron chi connectivity index (χ0n) is 15.4. The zero-order valence-corrected chi connectivity index (χ0v) is 16.2. The third kappa shape index (κ3) is 5.32. The highest BCUT2D eigenvalue weighted by Crippen LogP contribution is 2.32. The van der Waals surface area contributed by atoms with E-state index in [9.17, 15) is 13.2 Å². The molecule has 0 N–H and O–H groups in total. The first-order valence-corrected chi connectivity index (χ1v) is 9.44. The van der Waals surface area contributed by atoms with Crippen LogP contribution in [-0.4, -0.2) is 39.6 Å². The maximum atomic E-state index is 12.2. The number of rotatable bonds is 5. The topological polar surface area (TPSA) is 39.5 Å². The number of ether oxygens (including phenoxy) is 2. The highest BCUT2D eigenvalue weighted by molar-refractivity contribution is 7.97. The Labute approximate surface area is 160 Å². The van der Waals surface area contributed by atoms with Crippen LogP contribution < -0.4 is 9.47 Å². The summed E-state index contributed by atoms with van der Waals surface area (Å²) in [5, 5.41) is 4.44. The Bertz CT molecular complexity index is 769. The van der Waals surface area contributed by atoms with Gasteiger partial charge in [0, 0.05) is 20.1 Å². The minimum Gasteiger partial charge on any atom is -0.490 e. The Hall–Kier alpha value is -1.87. The predicted molar refractivity (Wildman–Crippen MR) is 96.9 cm³/mol. The van der Waals surface area contributed by atoms with E-state index in [2.05, 4.69) is 21.1 Å². The Morgan fingerprint density at radius 3 is 2.19 bits per heavy atom. The molecule has 1 aromatic carbocycles. The lowest BCUT2D eigenvalue weighted by Crippen LogP contribution is -2.34. The number of benzene rings is 1. The van der Waals surface area contributed by atoms with E-state index < -0.39 is 6.36 Å². The number of piperidine rings is 1. The highest BCUT2D eigenvalue weighted by atomic mass is 32.2. The van der Waals surface area contributed by atoms with Gasteiger partial charge in [-0.25, -0.2) is 4.31 Å². The van der Waals surface area contributed by atoms with Crippen LogP contribution >= 0.6 is 11.9 Å². The fourth-order valence-electron chi connectivity index (χ4n) is 2.97. The molecule has 1 aliphatic rings. The van der Waals surface area contributed by atoms with Gasteiger partial charge in [-0.05, 0) is 62.9 Å². The summed E-state index contributed by atoms with van der Waals surface area (Å²) >= 11 is 1.73. The molecule has 0 saturated carbocycles. The maximum Gasteiger partial charge on any atom is 0.573 e. The number of alkyl halides is 3. The normalized spacial score (nSPS) is 16.5. The zero-order chi connectivity index (χ0) is 19.6. The van der Waals surface area contributed by atoms with Gasteiger partial charge in [-0.15, -0.1) is 13.2 Å². The summed E-state index contributed by atoms with van der Waals surface area (Å²) < 4.78 is 50.5. The Morgan fingerprint density at radius 2 is 1.67 bits per heavy atom. The van der Waals surface area contributed by atoms with E-state index in [0.29, 0.717) is 5.75 Å². The van der Waals surface area contributed by atoms with Crippen LogP contribution in [0.15, 0.2) is 29.2 Å². The van der Waals surface area contributed by atoms with Gasteiger partial charge in [-0.1, -0.05) is 0 Å². The third-order valence-corrected chi connectivity index (χ3v) is 5.82. The summed E-state index contributed by atoms with van der Waals surface area (Å²) in [6, 6.07) is 5.54. The molecule has 1 aromatic heterocycles. The molecule has 148 valence electrons. The van der Waals surface area contributed by atoms with Crippen LogP contribution in [0.2, 0.25) is 0 Å². The lowest BCUT2D eigenvalue weighted by Gasteiger charge is -2.31. The summed E-state index contributed by atoms with van der Waals surface area (Å²) in [4.78, 5) is 1.19. The van der Waals surface area contributed by atoms with Gasteiger partial charge >= 0.3 is 6.36 Å². The van der Waals surface area contributed by atoms with Crippen LogP contribution in [0.5, 0.6) is 11.5 Å². The van der Waals surface area contributed by atoms with Crippen molar-refractivity contribution in [3.8, 4) is 11.5 Å². The second-order valence-electron chi connectivity index (χ2n) is 6.48. The molecule has 0 aliphatic carbocycles. The lowest BCUT2D eigenvalue weighted by molar-refractivity contribution is -0.274. The predicted octanol–water partition coefficient (Wildman–Crippen LogP) is 4.49. The molecule has 5 nitrogen and oxygen atoms in total. The van der Waals surface area contributed by atoms with Crippen molar-refractivity contribution in [3.05, 3.63) is 35.7 Å². The largest absolute Gasteiger partial charge is 0.573 e. The summed E-state index contributed by atoms with van der Waals surface area (Å²) in [6.45, 7) is 5.82. The molecule has 2 heterocycles. The standard InChI is InChI=1S/C18H22F3N3O2S/c1-12-17(13(2)23(3)22-12)27-24-10-8-15(9-11-24)25-14-4-6-16(7-5-14)26-18(19,20)21/h4-7,15H,8-11H2,1-3H3. The highest BCUT2D eigenvalue weighted by Gasteiger charge is 2.31. The van der Waals surface area contributed by atoms with Crippen LogP contribution in [0, 0.1) is 13.8 Å². The van der Waals surface area contributed by atoms with Crippen molar-refractivity contribution in [2.45, 2.75) is 44.1 Å². The lowest BCUT2D eigenvalue weighted by atomic mass is 10.1. The molecule has 0 spiro atoms. The van der Waals surface area contributed by atoms with E-state index in [1.54, 1.807) is 11.9 Å². The Kier molecular flexibility index (Phi) is 5.90. The number of aromatic nitrogens is 2. The molecule has 0 radical (unpaired) electrons. The second-order valence-corrected chi connectivity index (χ2v) is 7.59. The van der Waals surface area contributed by atoms with E-state index in [4.69, 9.17) is 4.74 Å². The van der Waals surface area contributed by atoms with Crippen LogP contribution in [0.3, 0.4) is 0 Å². The molecule has 2 aromatic rings. The van der Waals surface area contributed by atoms with Gasteiger partial charge in [0.25, 0.3) is 0 Å². The van der Waals surface area contributed by atoms with Crippen LogP contribution in [0.25, 0.3) is 0 Å². The van der Waals surface area contributed by atoms with Gasteiger partial charge in [-0.2, -0.15) is 5.10 Å².